The second-order valence-corrected chi connectivity index (χ2v) is 7.84. The van der Waals surface area contributed by atoms with Gasteiger partial charge in [0, 0.05) is 11.9 Å². The van der Waals surface area contributed by atoms with Crippen LogP contribution in [0.2, 0.25) is 5.02 Å². The number of ether oxygens (including phenoxy) is 3. The van der Waals surface area contributed by atoms with Crippen molar-refractivity contribution in [2.45, 2.75) is 50.8 Å². The molecule has 1 heterocycles. The second kappa shape index (κ2) is 10.4. The van der Waals surface area contributed by atoms with Crippen LogP contribution in [-0.2, 0) is 20.7 Å². The fourth-order valence-corrected chi connectivity index (χ4v) is 3.87. The molecule has 5 unspecified atom stereocenters. The average Bonchev–Trinajstić information content (AvgIpc) is 2.74. The van der Waals surface area contributed by atoms with Gasteiger partial charge in [-0.1, -0.05) is 35.9 Å². The van der Waals surface area contributed by atoms with Crippen molar-refractivity contribution in [3.05, 3.63) is 64.2 Å². The molecule has 1 saturated heterocycles. The molecule has 0 radical (unpaired) electrons. The highest BCUT2D eigenvalue weighted by molar-refractivity contribution is 6.31. The summed E-state index contributed by atoms with van der Waals surface area (Å²) >= 11 is 6.40. The lowest BCUT2D eigenvalue weighted by molar-refractivity contribution is -0.240. The third-order valence-electron chi connectivity index (χ3n) is 5.19. The zero-order valence-corrected chi connectivity index (χ0v) is 18.2. The Bertz CT molecular complexity index is 886. The number of hydrogen-bond acceptors (Lipinski definition) is 7. The second-order valence-electron chi connectivity index (χ2n) is 7.44. The Balaban J connectivity index is 1.85. The third-order valence-corrected chi connectivity index (χ3v) is 5.56. The maximum absolute atomic E-state index is 11.4. The van der Waals surface area contributed by atoms with Gasteiger partial charge >= 0.3 is 5.97 Å². The number of benzene rings is 2. The van der Waals surface area contributed by atoms with Crippen LogP contribution in [0.3, 0.4) is 0 Å². The van der Waals surface area contributed by atoms with Gasteiger partial charge in [0.05, 0.1) is 13.2 Å². The topological polar surface area (TPSA) is 105 Å². The van der Waals surface area contributed by atoms with E-state index in [9.17, 15) is 20.1 Å². The molecule has 1 fully saturated rings. The van der Waals surface area contributed by atoms with E-state index in [-0.39, 0.29) is 0 Å². The summed E-state index contributed by atoms with van der Waals surface area (Å²) in [6, 6.07) is 12.9. The summed E-state index contributed by atoms with van der Waals surface area (Å²) in [4.78, 5) is 11.4. The number of carbonyl (C=O) groups is 1. The van der Waals surface area contributed by atoms with Crippen LogP contribution in [0.25, 0.3) is 0 Å². The van der Waals surface area contributed by atoms with Gasteiger partial charge in [-0.15, -0.1) is 0 Å². The molecule has 2 aromatic rings. The van der Waals surface area contributed by atoms with Gasteiger partial charge in [0.15, 0.2) is 6.10 Å². The lowest BCUT2D eigenvalue weighted by Crippen LogP contribution is -2.56. The molecule has 0 saturated carbocycles. The SMILES string of the molecule is CCOc1ccc(Cc2cc(C3OC(CO)C(O)C(OC(C)=O)C3O)ccc2Cl)cc1. The summed E-state index contributed by atoms with van der Waals surface area (Å²) in [5.74, 6) is 0.141. The van der Waals surface area contributed by atoms with Gasteiger partial charge in [0.2, 0.25) is 0 Å². The van der Waals surface area contributed by atoms with E-state index in [0.717, 1.165) is 16.9 Å². The first-order valence-electron chi connectivity index (χ1n) is 10.1. The van der Waals surface area contributed by atoms with Gasteiger partial charge in [-0.3, -0.25) is 4.79 Å². The minimum atomic E-state index is -1.35. The van der Waals surface area contributed by atoms with E-state index >= 15 is 0 Å². The third kappa shape index (κ3) is 5.56. The summed E-state index contributed by atoms with van der Waals surface area (Å²) in [6.45, 7) is 3.21. The van der Waals surface area contributed by atoms with E-state index in [1.807, 2.05) is 37.3 Å². The number of esters is 1. The summed E-state index contributed by atoms with van der Waals surface area (Å²) in [7, 11) is 0. The Morgan fingerprint density at radius 3 is 2.45 bits per heavy atom. The van der Waals surface area contributed by atoms with Gasteiger partial charge in [-0.25, -0.2) is 0 Å². The molecule has 0 amide bonds. The number of rotatable bonds is 7. The van der Waals surface area contributed by atoms with Crippen LogP contribution < -0.4 is 4.74 Å². The van der Waals surface area contributed by atoms with E-state index in [0.29, 0.717) is 23.6 Å². The highest BCUT2D eigenvalue weighted by Gasteiger charge is 2.46. The Hall–Kier alpha value is -2.16. The monoisotopic (exact) mass is 450 g/mol. The Morgan fingerprint density at radius 1 is 1.13 bits per heavy atom. The van der Waals surface area contributed by atoms with Crippen LogP contribution in [0.15, 0.2) is 42.5 Å². The Kier molecular flexibility index (Phi) is 7.91. The molecule has 0 aliphatic carbocycles. The minimum absolute atomic E-state index is 0.491. The van der Waals surface area contributed by atoms with Crippen LogP contribution in [0.5, 0.6) is 5.75 Å². The van der Waals surface area contributed by atoms with E-state index in [1.54, 1.807) is 12.1 Å². The van der Waals surface area contributed by atoms with E-state index in [2.05, 4.69) is 0 Å². The predicted octanol–water partition coefficient (Wildman–Crippen LogP) is 2.42. The molecule has 0 aromatic heterocycles. The number of aliphatic hydroxyl groups excluding tert-OH is 3. The van der Waals surface area contributed by atoms with Crippen molar-refractivity contribution in [2.24, 2.45) is 0 Å². The van der Waals surface area contributed by atoms with Crippen molar-refractivity contribution in [3.8, 4) is 5.75 Å². The Labute approximate surface area is 186 Å². The van der Waals surface area contributed by atoms with E-state index in [4.69, 9.17) is 25.8 Å². The van der Waals surface area contributed by atoms with E-state index in [1.165, 1.54) is 6.92 Å². The summed E-state index contributed by atoms with van der Waals surface area (Å²) in [6.07, 6.45) is -5.28. The van der Waals surface area contributed by atoms with Crippen molar-refractivity contribution >= 4 is 17.6 Å². The van der Waals surface area contributed by atoms with Crippen LogP contribution in [0.1, 0.15) is 36.6 Å². The maximum atomic E-state index is 11.4. The molecular formula is C23H27ClO7. The lowest BCUT2D eigenvalue weighted by Gasteiger charge is -2.41. The smallest absolute Gasteiger partial charge is 0.303 e. The quantitative estimate of drug-likeness (QED) is 0.556. The molecule has 8 heteroatoms. The number of hydrogen-bond donors (Lipinski definition) is 3. The zero-order valence-electron chi connectivity index (χ0n) is 17.4. The molecule has 7 nitrogen and oxygen atoms in total. The Morgan fingerprint density at radius 2 is 1.84 bits per heavy atom. The summed E-state index contributed by atoms with van der Waals surface area (Å²) < 4.78 is 16.3. The van der Waals surface area contributed by atoms with Gasteiger partial charge in [0.25, 0.3) is 0 Å². The first-order valence-corrected chi connectivity index (χ1v) is 10.5. The average molecular weight is 451 g/mol. The van der Waals surface area contributed by atoms with Crippen LogP contribution in [0, 0.1) is 0 Å². The minimum Gasteiger partial charge on any atom is -0.494 e. The van der Waals surface area contributed by atoms with Crippen molar-refractivity contribution < 1.29 is 34.3 Å². The molecular weight excluding hydrogens is 424 g/mol. The highest BCUT2D eigenvalue weighted by atomic mass is 35.5. The molecule has 31 heavy (non-hydrogen) atoms. The fraction of sp³-hybridized carbons (Fsp3) is 0.435. The van der Waals surface area contributed by atoms with Gasteiger partial charge in [-0.05, 0) is 48.2 Å². The molecule has 0 spiro atoms. The van der Waals surface area contributed by atoms with Crippen molar-refractivity contribution in [1.29, 1.82) is 0 Å². The molecule has 168 valence electrons. The molecule has 3 N–H and O–H groups in total. The number of aliphatic hydroxyl groups is 3. The highest BCUT2D eigenvalue weighted by Crippen LogP contribution is 2.35. The largest absolute Gasteiger partial charge is 0.494 e. The molecule has 5 atom stereocenters. The standard InChI is InChI=1S/C23H27ClO7/c1-3-29-17-7-4-14(5-8-17)10-16-11-15(6-9-18(16)24)22-21(28)23(30-13(2)26)20(27)19(12-25)31-22/h4-9,11,19-23,25,27-28H,3,10,12H2,1-2H3. The summed E-state index contributed by atoms with van der Waals surface area (Å²) in [5, 5.41) is 31.2. The van der Waals surface area contributed by atoms with Gasteiger partial charge in [-0.2, -0.15) is 0 Å². The molecule has 3 rings (SSSR count). The van der Waals surface area contributed by atoms with E-state index < -0.39 is 43.1 Å². The fourth-order valence-electron chi connectivity index (χ4n) is 3.69. The van der Waals surface area contributed by atoms with Gasteiger partial charge in [0.1, 0.15) is 30.2 Å². The molecule has 1 aliphatic rings. The maximum Gasteiger partial charge on any atom is 0.303 e. The van der Waals surface area contributed by atoms with Gasteiger partial charge < -0.3 is 29.5 Å². The van der Waals surface area contributed by atoms with Crippen molar-refractivity contribution in [3.63, 3.8) is 0 Å². The first-order chi connectivity index (χ1) is 14.8. The first kappa shape index (κ1) is 23.5. The van der Waals surface area contributed by atoms with Crippen molar-refractivity contribution in [1.82, 2.24) is 0 Å². The summed E-state index contributed by atoms with van der Waals surface area (Å²) in [5.41, 5.74) is 2.43. The molecule has 0 bridgehead atoms. The lowest BCUT2D eigenvalue weighted by atomic mass is 9.90. The number of carbonyl (C=O) groups excluding carboxylic acids is 1. The van der Waals surface area contributed by atoms with Crippen LogP contribution in [0.4, 0.5) is 0 Å². The zero-order chi connectivity index (χ0) is 22.5. The normalized spacial score (nSPS) is 25.8. The number of halogens is 1. The molecule has 2 aromatic carbocycles. The predicted molar refractivity (Wildman–Crippen MR) is 114 cm³/mol. The van der Waals surface area contributed by atoms with Crippen LogP contribution >= 0.6 is 11.6 Å². The molecule has 1 aliphatic heterocycles. The van der Waals surface area contributed by atoms with Crippen LogP contribution in [-0.4, -0.2) is 58.9 Å². The van der Waals surface area contributed by atoms with Crippen molar-refractivity contribution in [2.75, 3.05) is 13.2 Å².